The monoisotopic (exact) mass is 804 g/mol. The van der Waals surface area contributed by atoms with Crippen molar-refractivity contribution in [2.45, 2.75) is 12.3 Å². The molecule has 0 amide bonds. The molecule has 0 fully saturated rings. The summed E-state index contributed by atoms with van der Waals surface area (Å²) < 4.78 is 6.24. The van der Waals surface area contributed by atoms with Crippen molar-refractivity contribution in [2.24, 2.45) is 0 Å². The number of fused-ring (bicyclic) bond motifs is 6. The Labute approximate surface area is 366 Å². The van der Waals surface area contributed by atoms with E-state index in [1.54, 1.807) is 0 Å². The molecule has 0 radical (unpaired) electrons. The molecule has 3 heteroatoms. The van der Waals surface area contributed by atoms with Crippen LogP contribution in [0.3, 0.4) is 0 Å². The molecule has 0 bridgehead atoms. The molecule has 1 atom stereocenters. The molecule has 2 aromatic heterocycles. The van der Waals surface area contributed by atoms with Crippen LogP contribution in [0.2, 0.25) is 0 Å². The Morgan fingerprint density at radius 3 is 1.62 bits per heavy atom. The summed E-state index contributed by atoms with van der Waals surface area (Å²) in [7, 11) is 0. The lowest BCUT2D eigenvalue weighted by molar-refractivity contribution is 0.669. The molecule has 0 spiro atoms. The highest BCUT2D eigenvalue weighted by atomic mass is 16.3. The van der Waals surface area contributed by atoms with Crippen LogP contribution in [0, 0.1) is 0 Å². The van der Waals surface area contributed by atoms with E-state index in [1.165, 1.54) is 38.9 Å². The number of benzene rings is 9. The predicted molar refractivity (Wildman–Crippen MR) is 259 cm³/mol. The maximum Gasteiger partial charge on any atom is 0.160 e. The molecule has 12 rings (SSSR count). The first-order valence-electron chi connectivity index (χ1n) is 21.5. The Morgan fingerprint density at radius 1 is 0.333 bits per heavy atom. The lowest BCUT2D eigenvalue weighted by Gasteiger charge is -2.28. The topological polar surface area (TPSA) is 38.9 Å². The largest absolute Gasteiger partial charge is 0.456 e. The average Bonchev–Trinajstić information content (AvgIpc) is 3.87. The van der Waals surface area contributed by atoms with Crippen molar-refractivity contribution >= 4 is 21.9 Å². The lowest BCUT2D eigenvalue weighted by atomic mass is 9.74. The molecule has 63 heavy (non-hydrogen) atoms. The quantitative estimate of drug-likeness (QED) is 0.161. The summed E-state index contributed by atoms with van der Waals surface area (Å²) in [6.07, 6.45) is 0. The van der Waals surface area contributed by atoms with Crippen LogP contribution in [0.1, 0.15) is 23.6 Å². The maximum absolute atomic E-state index is 6.24. The third-order valence-corrected chi connectivity index (χ3v) is 13.0. The lowest BCUT2D eigenvalue weighted by Crippen LogP contribution is -2.22. The second-order valence-electron chi connectivity index (χ2n) is 16.7. The Morgan fingerprint density at radius 2 is 0.857 bits per heavy atom. The molecule has 1 aliphatic rings. The van der Waals surface area contributed by atoms with Crippen molar-refractivity contribution in [2.75, 3.05) is 0 Å². The van der Waals surface area contributed by atoms with Crippen LogP contribution in [-0.4, -0.2) is 9.97 Å². The molecule has 1 aliphatic carbocycles. The van der Waals surface area contributed by atoms with Gasteiger partial charge in [-0.2, -0.15) is 0 Å². The summed E-state index contributed by atoms with van der Waals surface area (Å²) in [6, 6.07) is 80.2. The number of furan rings is 1. The van der Waals surface area contributed by atoms with Crippen molar-refractivity contribution in [3.8, 4) is 78.4 Å². The zero-order valence-corrected chi connectivity index (χ0v) is 34.7. The van der Waals surface area contributed by atoms with Gasteiger partial charge in [0.2, 0.25) is 0 Å². The minimum atomic E-state index is -0.221. The Balaban J connectivity index is 0.989. The van der Waals surface area contributed by atoms with Crippen molar-refractivity contribution in [1.29, 1.82) is 0 Å². The number of hydrogen-bond acceptors (Lipinski definition) is 3. The van der Waals surface area contributed by atoms with Crippen LogP contribution in [0.4, 0.5) is 0 Å². The molecular weight excluding hydrogens is 765 g/mol. The van der Waals surface area contributed by atoms with E-state index in [-0.39, 0.29) is 5.41 Å². The molecular formula is C60H40N2O. The van der Waals surface area contributed by atoms with Gasteiger partial charge in [0.1, 0.15) is 11.2 Å². The van der Waals surface area contributed by atoms with Crippen molar-refractivity contribution < 1.29 is 4.42 Å². The van der Waals surface area contributed by atoms with Gasteiger partial charge < -0.3 is 4.42 Å². The molecule has 9 aromatic carbocycles. The van der Waals surface area contributed by atoms with Crippen LogP contribution < -0.4 is 0 Å². The van der Waals surface area contributed by atoms with Gasteiger partial charge in [0.15, 0.2) is 5.82 Å². The van der Waals surface area contributed by atoms with Crippen molar-refractivity contribution in [3.05, 3.63) is 241 Å². The highest BCUT2D eigenvalue weighted by molar-refractivity contribution is 6.06. The first kappa shape index (κ1) is 36.7. The minimum absolute atomic E-state index is 0.221. The van der Waals surface area contributed by atoms with Crippen molar-refractivity contribution in [3.63, 3.8) is 0 Å². The number of aromatic nitrogens is 2. The smallest absolute Gasteiger partial charge is 0.160 e. The second kappa shape index (κ2) is 14.8. The third-order valence-electron chi connectivity index (χ3n) is 13.0. The summed E-state index contributed by atoms with van der Waals surface area (Å²) in [4.78, 5) is 10.3. The van der Waals surface area contributed by atoms with Gasteiger partial charge in [0, 0.05) is 32.9 Å². The summed E-state index contributed by atoms with van der Waals surface area (Å²) in [5.41, 5.74) is 19.7. The standard InChI is InChI=1S/C60H40N2O/c1-60(48-19-9-4-10-20-48)53-23-13-11-21-49(53)51-36-43(29-31-54(51)60)39-25-27-40(28-26-39)45-33-46(44-30-32-58-52(37-44)50-22-12-14-24-57(50)63-58)35-47(34-45)56-38-55(41-15-5-2-6-16-41)61-59(62-56)42-17-7-3-8-18-42/h2-38H,1H3. The molecule has 0 aliphatic heterocycles. The second-order valence-corrected chi connectivity index (χ2v) is 16.7. The summed E-state index contributed by atoms with van der Waals surface area (Å²) in [6.45, 7) is 2.37. The van der Waals surface area contributed by atoms with Crippen LogP contribution in [0.5, 0.6) is 0 Å². The molecule has 296 valence electrons. The first-order valence-corrected chi connectivity index (χ1v) is 21.5. The summed E-state index contributed by atoms with van der Waals surface area (Å²) in [5.74, 6) is 0.690. The van der Waals surface area contributed by atoms with Gasteiger partial charge in [-0.1, -0.05) is 176 Å². The Hall–Kier alpha value is -8.14. The SMILES string of the molecule is CC1(c2ccccc2)c2ccccc2-c2cc(-c3ccc(-c4cc(-c5ccc6oc7ccccc7c6c5)cc(-c5cc(-c6ccccc6)nc(-c6ccccc6)n5)c4)cc3)ccc21. The highest BCUT2D eigenvalue weighted by Gasteiger charge is 2.40. The number of nitrogens with zero attached hydrogens (tertiary/aromatic N) is 2. The molecule has 0 saturated heterocycles. The third kappa shape index (κ3) is 6.28. The fourth-order valence-corrected chi connectivity index (χ4v) is 9.70. The fourth-order valence-electron chi connectivity index (χ4n) is 9.70. The molecule has 0 saturated carbocycles. The zero-order chi connectivity index (χ0) is 41.9. The Bertz CT molecular complexity index is 3440. The van der Waals surface area contributed by atoms with Gasteiger partial charge >= 0.3 is 0 Å². The van der Waals surface area contributed by atoms with Gasteiger partial charge in [0.25, 0.3) is 0 Å². The average molecular weight is 805 g/mol. The van der Waals surface area contributed by atoms with E-state index >= 15 is 0 Å². The summed E-state index contributed by atoms with van der Waals surface area (Å²) >= 11 is 0. The van der Waals surface area contributed by atoms with Crippen LogP contribution in [-0.2, 0) is 5.41 Å². The Kier molecular flexibility index (Phi) is 8.62. The normalized spacial score (nSPS) is 14.2. The van der Waals surface area contributed by atoms with Crippen molar-refractivity contribution in [1.82, 2.24) is 9.97 Å². The molecule has 1 unspecified atom stereocenters. The predicted octanol–water partition coefficient (Wildman–Crippen LogP) is 15.7. The minimum Gasteiger partial charge on any atom is -0.456 e. The molecule has 2 heterocycles. The zero-order valence-electron chi connectivity index (χ0n) is 34.7. The van der Waals surface area contributed by atoms with Gasteiger partial charge in [-0.25, -0.2) is 9.97 Å². The van der Waals surface area contributed by atoms with Gasteiger partial charge in [-0.15, -0.1) is 0 Å². The van der Waals surface area contributed by atoms with Gasteiger partial charge in [0.05, 0.1) is 11.4 Å². The first-order chi connectivity index (χ1) is 31.1. The molecule has 0 N–H and O–H groups in total. The molecule has 11 aromatic rings. The van der Waals surface area contributed by atoms with E-state index in [4.69, 9.17) is 14.4 Å². The number of hydrogen-bond donors (Lipinski definition) is 0. The maximum atomic E-state index is 6.24. The van der Waals surface area contributed by atoms with E-state index < -0.39 is 0 Å². The van der Waals surface area contributed by atoms with E-state index in [1.807, 2.05) is 36.4 Å². The van der Waals surface area contributed by atoms with E-state index in [0.717, 1.165) is 72.3 Å². The van der Waals surface area contributed by atoms with E-state index in [9.17, 15) is 0 Å². The fraction of sp³-hybridized carbons (Fsp3) is 0.0333. The highest BCUT2D eigenvalue weighted by Crippen LogP contribution is 2.53. The molecule has 3 nitrogen and oxygen atoms in total. The number of para-hydroxylation sites is 1. The van der Waals surface area contributed by atoms with Crippen LogP contribution in [0.15, 0.2) is 229 Å². The van der Waals surface area contributed by atoms with Gasteiger partial charge in [-0.05, 0) is 117 Å². The van der Waals surface area contributed by atoms with Gasteiger partial charge in [-0.3, -0.25) is 0 Å². The van der Waals surface area contributed by atoms with Crippen LogP contribution in [0.25, 0.3) is 100 Å². The number of rotatable bonds is 7. The van der Waals surface area contributed by atoms with E-state index in [2.05, 4.69) is 195 Å². The summed E-state index contributed by atoms with van der Waals surface area (Å²) in [5, 5.41) is 2.21. The van der Waals surface area contributed by atoms with E-state index in [0.29, 0.717) is 5.82 Å². The van der Waals surface area contributed by atoms with Crippen LogP contribution >= 0.6 is 0 Å².